The third kappa shape index (κ3) is 3.49. The van der Waals surface area contributed by atoms with Crippen LogP contribution in [0.1, 0.15) is 0 Å². The Morgan fingerprint density at radius 1 is 0.929 bits per heavy atom. The molecule has 0 aromatic heterocycles. The van der Waals surface area contributed by atoms with Crippen molar-refractivity contribution in [3.8, 4) is 0 Å². The van der Waals surface area contributed by atoms with E-state index in [1.54, 1.807) is 0 Å². The first kappa shape index (κ1) is 13.8. The van der Waals surface area contributed by atoms with Gasteiger partial charge in [0.15, 0.2) is 6.17 Å². The molecule has 0 radical (unpaired) electrons. The smallest absolute Gasteiger partial charge is 0.153 e. The molecule has 0 heterocycles. The van der Waals surface area contributed by atoms with E-state index in [1.165, 1.54) is 0 Å². The van der Waals surface area contributed by atoms with Crippen LogP contribution in [0.3, 0.4) is 0 Å². The SMILES string of the molecule is NCC(N)[N+](CCO)(CCO)CCO. The molecule has 6 heteroatoms. The Morgan fingerprint density at radius 3 is 1.50 bits per heavy atom. The number of nitrogens with zero attached hydrogens (tertiary/aromatic N) is 1. The minimum Gasteiger partial charge on any atom is -0.391 e. The Balaban J connectivity index is 4.53. The van der Waals surface area contributed by atoms with Gasteiger partial charge in [0.1, 0.15) is 19.6 Å². The first-order valence-electron chi connectivity index (χ1n) is 4.81. The van der Waals surface area contributed by atoms with Crippen molar-refractivity contribution in [2.45, 2.75) is 6.17 Å². The highest BCUT2D eigenvalue weighted by Crippen LogP contribution is 2.08. The van der Waals surface area contributed by atoms with E-state index in [-0.39, 0.29) is 37.0 Å². The van der Waals surface area contributed by atoms with Crippen LogP contribution in [0, 0.1) is 0 Å². The van der Waals surface area contributed by atoms with Gasteiger partial charge in [-0.15, -0.1) is 0 Å². The van der Waals surface area contributed by atoms with Crippen molar-refractivity contribution in [1.82, 2.24) is 0 Å². The predicted molar refractivity (Wildman–Crippen MR) is 53.1 cm³/mol. The van der Waals surface area contributed by atoms with Crippen molar-refractivity contribution in [1.29, 1.82) is 0 Å². The molecule has 14 heavy (non-hydrogen) atoms. The normalized spacial score (nSPS) is 14.4. The second kappa shape index (κ2) is 7.10. The molecule has 7 N–H and O–H groups in total. The number of nitrogens with two attached hydrogens (primary N) is 2. The highest BCUT2D eigenvalue weighted by molar-refractivity contribution is 4.54. The molecular weight excluding hydrogens is 186 g/mol. The first-order valence-corrected chi connectivity index (χ1v) is 4.81. The summed E-state index contributed by atoms with van der Waals surface area (Å²) in [5.41, 5.74) is 11.3. The number of hydrogen-bond acceptors (Lipinski definition) is 5. The molecule has 0 saturated heterocycles. The summed E-state index contributed by atoms with van der Waals surface area (Å²) in [6.07, 6.45) is -0.360. The maximum atomic E-state index is 8.92. The molecule has 0 aromatic rings. The summed E-state index contributed by atoms with van der Waals surface area (Å²) in [6, 6.07) is 0. The molecule has 0 amide bonds. The van der Waals surface area contributed by atoms with Crippen LogP contribution in [0.2, 0.25) is 0 Å². The van der Waals surface area contributed by atoms with Crippen molar-refractivity contribution >= 4 is 0 Å². The second-order valence-corrected chi connectivity index (χ2v) is 3.36. The lowest BCUT2D eigenvalue weighted by Crippen LogP contribution is -2.65. The molecule has 1 atom stereocenters. The van der Waals surface area contributed by atoms with Crippen molar-refractivity contribution < 1.29 is 19.8 Å². The van der Waals surface area contributed by atoms with Crippen LogP contribution in [-0.4, -0.2) is 72.0 Å². The Labute approximate surface area is 84.3 Å². The molecule has 1 unspecified atom stereocenters. The zero-order valence-corrected chi connectivity index (χ0v) is 8.47. The van der Waals surface area contributed by atoms with Crippen LogP contribution in [0.5, 0.6) is 0 Å². The topological polar surface area (TPSA) is 113 Å². The van der Waals surface area contributed by atoms with Crippen molar-refractivity contribution in [3.05, 3.63) is 0 Å². The largest absolute Gasteiger partial charge is 0.391 e. The summed E-state index contributed by atoms with van der Waals surface area (Å²) in [5, 5.41) is 26.8. The molecule has 0 saturated carbocycles. The van der Waals surface area contributed by atoms with Crippen LogP contribution in [0.15, 0.2) is 0 Å². The van der Waals surface area contributed by atoms with Gasteiger partial charge in [-0.1, -0.05) is 0 Å². The number of quaternary nitrogens is 1. The van der Waals surface area contributed by atoms with Crippen LogP contribution in [0.25, 0.3) is 0 Å². The summed E-state index contributed by atoms with van der Waals surface area (Å²) in [5.74, 6) is 0. The summed E-state index contributed by atoms with van der Waals surface area (Å²) in [7, 11) is 0. The van der Waals surface area contributed by atoms with E-state index in [0.717, 1.165) is 0 Å². The minimum absolute atomic E-state index is 0.0340. The lowest BCUT2D eigenvalue weighted by molar-refractivity contribution is -0.950. The van der Waals surface area contributed by atoms with Gasteiger partial charge in [0.25, 0.3) is 0 Å². The second-order valence-electron chi connectivity index (χ2n) is 3.36. The van der Waals surface area contributed by atoms with E-state index in [2.05, 4.69) is 0 Å². The maximum absolute atomic E-state index is 8.92. The zero-order valence-electron chi connectivity index (χ0n) is 8.47. The lowest BCUT2D eigenvalue weighted by atomic mass is 10.2. The quantitative estimate of drug-likeness (QED) is 0.216. The van der Waals surface area contributed by atoms with Crippen molar-refractivity contribution in [2.24, 2.45) is 11.5 Å². The zero-order chi connectivity index (χ0) is 11.0. The van der Waals surface area contributed by atoms with Crippen LogP contribution >= 0.6 is 0 Å². The standard InChI is InChI=1S/C8H22N3O3/c9-7-8(10)11(1-4-12,2-5-13)3-6-14/h8,12-14H,1-7,9-10H2/q+1. The summed E-state index contributed by atoms with van der Waals surface area (Å²) < 4.78 is 0.264. The van der Waals surface area contributed by atoms with Crippen LogP contribution < -0.4 is 11.5 Å². The number of aliphatic hydroxyl groups excluding tert-OH is 3. The molecule has 6 nitrogen and oxygen atoms in total. The molecule has 0 aliphatic carbocycles. The number of aliphatic hydroxyl groups is 3. The van der Waals surface area contributed by atoms with E-state index in [0.29, 0.717) is 19.6 Å². The van der Waals surface area contributed by atoms with E-state index >= 15 is 0 Å². The molecule has 0 spiro atoms. The average molecular weight is 208 g/mol. The molecule has 0 bridgehead atoms. The molecule has 86 valence electrons. The molecular formula is C8H22N3O3+. The fourth-order valence-electron chi connectivity index (χ4n) is 1.65. The van der Waals surface area contributed by atoms with Crippen molar-refractivity contribution in [2.75, 3.05) is 46.0 Å². The third-order valence-corrected chi connectivity index (χ3v) is 2.58. The summed E-state index contributed by atoms with van der Waals surface area (Å²) in [4.78, 5) is 0. The van der Waals surface area contributed by atoms with Gasteiger partial charge < -0.3 is 25.5 Å². The van der Waals surface area contributed by atoms with Gasteiger partial charge in [0.05, 0.1) is 26.4 Å². The van der Waals surface area contributed by atoms with E-state index in [1.807, 2.05) is 0 Å². The Kier molecular flexibility index (Phi) is 6.98. The van der Waals surface area contributed by atoms with Gasteiger partial charge >= 0.3 is 0 Å². The number of rotatable bonds is 8. The highest BCUT2D eigenvalue weighted by Gasteiger charge is 2.32. The molecule has 0 aromatic carbocycles. The van der Waals surface area contributed by atoms with Crippen LogP contribution in [-0.2, 0) is 0 Å². The summed E-state index contributed by atoms with van der Waals surface area (Å²) >= 11 is 0. The number of hydrogen-bond donors (Lipinski definition) is 5. The van der Waals surface area contributed by atoms with Gasteiger partial charge in [0.2, 0.25) is 0 Å². The molecule has 0 rings (SSSR count). The fraction of sp³-hybridized carbons (Fsp3) is 1.00. The predicted octanol–water partition coefficient (Wildman–Crippen LogP) is -2.98. The van der Waals surface area contributed by atoms with E-state index < -0.39 is 0 Å². The van der Waals surface area contributed by atoms with Crippen LogP contribution in [0.4, 0.5) is 0 Å². The monoisotopic (exact) mass is 208 g/mol. The molecule has 0 aliphatic rings. The van der Waals surface area contributed by atoms with Gasteiger partial charge in [-0.3, -0.25) is 5.73 Å². The molecule has 0 aliphatic heterocycles. The summed E-state index contributed by atoms with van der Waals surface area (Å²) in [6.45, 7) is 1.37. The fourth-order valence-corrected chi connectivity index (χ4v) is 1.65. The molecule has 0 fully saturated rings. The van der Waals surface area contributed by atoms with Gasteiger partial charge in [-0.2, -0.15) is 0 Å². The Hall–Kier alpha value is -0.240. The van der Waals surface area contributed by atoms with E-state index in [4.69, 9.17) is 26.8 Å². The Morgan fingerprint density at radius 2 is 1.29 bits per heavy atom. The highest BCUT2D eigenvalue weighted by atomic mass is 16.3. The van der Waals surface area contributed by atoms with E-state index in [9.17, 15) is 0 Å². The lowest BCUT2D eigenvalue weighted by Gasteiger charge is -2.41. The minimum atomic E-state index is -0.360. The Bertz CT molecular complexity index is 129. The maximum Gasteiger partial charge on any atom is 0.153 e. The average Bonchev–Trinajstić information content (AvgIpc) is 2.17. The van der Waals surface area contributed by atoms with Gasteiger partial charge in [-0.05, 0) is 0 Å². The van der Waals surface area contributed by atoms with Crippen molar-refractivity contribution in [3.63, 3.8) is 0 Å². The van der Waals surface area contributed by atoms with Gasteiger partial charge in [0, 0.05) is 0 Å². The third-order valence-electron chi connectivity index (χ3n) is 2.58. The first-order chi connectivity index (χ1) is 6.66. The van der Waals surface area contributed by atoms with Gasteiger partial charge in [-0.25, -0.2) is 0 Å².